The molecule has 2 N–H and O–H groups in total. The van der Waals surface area contributed by atoms with Crippen molar-refractivity contribution in [2.45, 2.75) is 23.3 Å². The zero-order chi connectivity index (χ0) is 17.4. The zero-order valence-electron chi connectivity index (χ0n) is 13.2. The Kier molecular flexibility index (Phi) is 7.27. The minimum absolute atomic E-state index is 0.0455. The maximum atomic E-state index is 12.3. The van der Waals surface area contributed by atoms with Gasteiger partial charge in [-0.15, -0.1) is 0 Å². The van der Waals surface area contributed by atoms with Gasteiger partial charge in [-0.3, -0.25) is 9.59 Å². The normalized spacial score (nSPS) is 10.2. The molecule has 1 heterocycles. The first-order chi connectivity index (χ1) is 11.6. The number of benzene rings is 1. The number of carbonyl (C=O) groups is 2. The van der Waals surface area contributed by atoms with Crippen LogP contribution in [0.2, 0.25) is 0 Å². The number of aromatic nitrogens is 1. The summed E-state index contributed by atoms with van der Waals surface area (Å²) < 4.78 is 0.990. The number of carbonyl (C=O) groups excluding carboxylic acids is 2. The van der Waals surface area contributed by atoms with Crippen molar-refractivity contribution >= 4 is 39.5 Å². The third kappa shape index (κ3) is 5.65. The van der Waals surface area contributed by atoms with E-state index in [-0.39, 0.29) is 18.4 Å². The molecule has 0 radical (unpaired) electrons. The highest BCUT2D eigenvalue weighted by molar-refractivity contribution is 9.10. The lowest BCUT2D eigenvalue weighted by molar-refractivity contribution is -0.120. The van der Waals surface area contributed by atoms with Gasteiger partial charge in [-0.1, -0.05) is 34.6 Å². The van der Waals surface area contributed by atoms with Gasteiger partial charge < -0.3 is 10.6 Å². The molecule has 2 amide bonds. The largest absolute Gasteiger partial charge is 0.355 e. The van der Waals surface area contributed by atoms with Gasteiger partial charge in [0.25, 0.3) is 5.91 Å². The van der Waals surface area contributed by atoms with Crippen LogP contribution in [0.5, 0.6) is 0 Å². The molecule has 0 aliphatic heterocycles. The van der Waals surface area contributed by atoms with E-state index < -0.39 is 0 Å². The fraction of sp³-hybridized carbons (Fsp3) is 0.235. The SMILES string of the molecule is CCCNC(=O)CNC(=O)c1cccnc1Sc1ccc(Br)cc1. The first kappa shape index (κ1) is 18.5. The Hall–Kier alpha value is -1.86. The third-order valence-electron chi connectivity index (χ3n) is 3.03. The third-order valence-corrected chi connectivity index (χ3v) is 4.58. The molecule has 24 heavy (non-hydrogen) atoms. The molecule has 0 aliphatic rings. The summed E-state index contributed by atoms with van der Waals surface area (Å²) in [6, 6.07) is 11.2. The Labute approximate surface area is 153 Å². The molecular formula is C17H18BrN3O2S. The van der Waals surface area contributed by atoms with Crippen molar-refractivity contribution in [2.24, 2.45) is 0 Å². The van der Waals surface area contributed by atoms with Crippen molar-refractivity contribution in [2.75, 3.05) is 13.1 Å². The van der Waals surface area contributed by atoms with Crippen molar-refractivity contribution in [1.29, 1.82) is 0 Å². The first-order valence-corrected chi connectivity index (χ1v) is 9.14. The molecular weight excluding hydrogens is 390 g/mol. The molecule has 2 rings (SSSR count). The lowest BCUT2D eigenvalue weighted by Gasteiger charge is -2.09. The number of hydrogen-bond donors (Lipinski definition) is 2. The fourth-order valence-corrected chi connectivity index (χ4v) is 2.99. The molecule has 0 aliphatic carbocycles. The van der Waals surface area contributed by atoms with Crippen LogP contribution in [0.15, 0.2) is 57.0 Å². The maximum Gasteiger partial charge on any atom is 0.254 e. The van der Waals surface area contributed by atoms with E-state index in [1.165, 1.54) is 11.8 Å². The second-order valence-corrected chi connectivity index (χ2v) is 6.92. The summed E-state index contributed by atoms with van der Waals surface area (Å²) >= 11 is 4.80. The average Bonchev–Trinajstić information content (AvgIpc) is 2.60. The molecule has 0 saturated carbocycles. The molecule has 0 bridgehead atoms. The summed E-state index contributed by atoms with van der Waals surface area (Å²) in [5.74, 6) is -0.509. The Morgan fingerprint density at radius 1 is 1.17 bits per heavy atom. The van der Waals surface area contributed by atoms with Gasteiger partial charge >= 0.3 is 0 Å². The van der Waals surface area contributed by atoms with E-state index in [1.54, 1.807) is 18.3 Å². The second kappa shape index (κ2) is 9.44. The highest BCUT2D eigenvalue weighted by atomic mass is 79.9. The zero-order valence-corrected chi connectivity index (χ0v) is 15.6. The van der Waals surface area contributed by atoms with Crippen molar-refractivity contribution in [3.63, 3.8) is 0 Å². The van der Waals surface area contributed by atoms with Gasteiger partial charge in [0.1, 0.15) is 5.03 Å². The highest BCUT2D eigenvalue weighted by Gasteiger charge is 2.14. The van der Waals surface area contributed by atoms with Crippen molar-refractivity contribution in [3.05, 3.63) is 52.6 Å². The lowest BCUT2D eigenvalue weighted by Crippen LogP contribution is -2.37. The van der Waals surface area contributed by atoms with Crippen LogP contribution in [-0.2, 0) is 4.79 Å². The van der Waals surface area contributed by atoms with E-state index in [0.29, 0.717) is 17.1 Å². The minimum Gasteiger partial charge on any atom is -0.355 e. The smallest absolute Gasteiger partial charge is 0.254 e. The minimum atomic E-state index is -0.311. The van der Waals surface area contributed by atoms with Crippen LogP contribution in [0.25, 0.3) is 0 Å². The van der Waals surface area contributed by atoms with Crippen LogP contribution < -0.4 is 10.6 Å². The second-order valence-electron chi connectivity index (χ2n) is 4.94. The molecule has 0 spiro atoms. The van der Waals surface area contributed by atoms with Crippen molar-refractivity contribution in [3.8, 4) is 0 Å². The summed E-state index contributed by atoms with van der Waals surface area (Å²) in [5, 5.41) is 5.95. The van der Waals surface area contributed by atoms with Crippen LogP contribution in [0.3, 0.4) is 0 Å². The number of nitrogens with one attached hydrogen (secondary N) is 2. The fourth-order valence-electron chi connectivity index (χ4n) is 1.84. The van der Waals surface area contributed by atoms with Gasteiger partial charge in [-0.05, 0) is 42.8 Å². The molecule has 0 fully saturated rings. The molecule has 1 aromatic carbocycles. The summed E-state index contributed by atoms with van der Waals surface area (Å²) in [6.45, 7) is 2.53. The number of nitrogens with zero attached hydrogens (tertiary/aromatic N) is 1. The Morgan fingerprint density at radius 3 is 2.62 bits per heavy atom. The van der Waals surface area contributed by atoms with E-state index in [4.69, 9.17) is 0 Å². The first-order valence-electron chi connectivity index (χ1n) is 7.53. The predicted molar refractivity (Wildman–Crippen MR) is 98.1 cm³/mol. The number of pyridine rings is 1. The molecule has 7 heteroatoms. The van der Waals surface area contributed by atoms with Crippen LogP contribution >= 0.6 is 27.7 Å². The van der Waals surface area contributed by atoms with Crippen LogP contribution in [0.4, 0.5) is 0 Å². The number of rotatable bonds is 7. The molecule has 1 aromatic heterocycles. The van der Waals surface area contributed by atoms with Gasteiger partial charge in [-0.2, -0.15) is 0 Å². The van der Waals surface area contributed by atoms with E-state index >= 15 is 0 Å². The van der Waals surface area contributed by atoms with Gasteiger partial charge in [0.15, 0.2) is 0 Å². The van der Waals surface area contributed by atoms with Crippen LogP contribution in [-0.4, -0.2) is 29.9 Å². The number of amides is 2. The number of hydrogen-bond acceptors (Lipinski definition) is 4. The van der Waals surface area contributed by atoms with E-state index in [1.807, 2.05) is 31.2 Å². The lowest BCUT2D eigenvalue weighted by atomic mass is 10.2. The van der Waals surface area contributed by atoms with E-state index in [0.717, 1.165) is 15.8 Å². The summed E-state index contributed by atoms with van der Waals surface area (Å²) in [5.41, 5.74) is 0.453. The predicted octanol–water partition coefficient (Wildman–Crippen LogP) is 3.25. The molecule has 0 saturated heterocycles. The summed E-state index contributed by atoms with van der Waals surface area (Å²) in [7, 11) is 0. The standard InChI is InChI=1S/C17H18BrN3O2S/c1-2-9-19-15(22)11-21-16(23)14-4-3-10-20-17(14)24-13-7-5-12(18)6-8-13/h3-8,10H,2,9,11H2,1H3,(H,19,22)(H,21,23). The molecule has 0 atom stereocenters. The Bertz CT molecular complexity index is 707. The van der Waals surface area contributed by atoms with Crippen LogP contribution in [0.1, 0.15) is 23.7 Å². The summed E-state index contributed by atoms with van der Waals surface area (Å²) in [4.78, 5) is 29.2. The molecule has 0 unspecified atom stereocenters. The summed E-state index contributed by atoms with van der Waals surface area (Å²) in [6.07, 6.45) is 2.50. The number of halogens is 1. The van der Waals surface area contributed by atoms with Gasteiger partial charge in [0, 0.05) is 22.1 Å². The maximum absolute atomic E-state index is 12.3. The van der Waals surface area contributed by atoms with Crippen molar-refractivity contribution < 1.29 is 9.59 Å². The van der Waals surface area contributed by atoms with Crippen LogP contribution in [0, 0.1) is 0 Å². The Morgan fingerprint density at radius 2 is 1.92 bits per heavy atom. The van der Waals surface area contributed by atoms with Gasteiger partial charge in [-0.25, -0.2) is 4.98 Å². The average molecular weight is 408 g/mol. The van der Waals surface area contributed by atoms with E-state index in [2.05, 4.69) is 31.5 Å². The van der Waals surface area contributed by atoms with E-state index in [9.17, 15) is 9.59 Å². The topological polar surface area (TPSA) is 71.1 Å². The monoisotopic (exact) mass is 407 g/mol. The quantitative estimate of drug-likeness (QED) is 0.738. The van der Waals surface area contributed by atoms with Gasteiger partial charge in [0.2, 0.25) is 5.91 Å². The molecule has 5 nitrogen and oxygen atoms in total. The Balaban J connectivity index is 2.03. The van der Waals surface area contributed by atoms with Gasteiger partial charge in [0.05, 0.1) is 12.1 Å². The molecule has 2 aromatic rings. The molecule has 126 valence electrons. The van der Waals surface area contributed by atoms with Crippen molar-refractivity contribution in [1.82, 2.24) is 15.6 Å². The highest BCUT2D eigenvalue weighted by Crippen LogP contribution is 2.29.